The Labute approximate surface area is 120 Å². The summed E-state index contributed by atoms with van der Waals surface area (Å²) in [7, 11) is -3.86. The standard InChI is InChI=1S/C11H16N2O5S2/c1-7-8(19-10(16)13-7)20(17,18)12-6-11(9(14)15)4-2-3-5-11/h12H,2-6H2,1H3,(H,13,16)(H,14,15). The van der Waals surface area contributed by atoms with Crippen LogP contribution in [0.5, 0.6) is 0 Å². The van der Waals surface area contributed by atoms with Crippen molar-refractivity contribution >= 4 is 27.3 Å². The number of hydrogen-bond donors (Lipinski definition) is 3. The smallest absolute Gasteiger partial charge is 0.310 e. The molecule has 1 heterocycles. The summed E-state index contributed by atoms with van der Waals surface area (Å²) in [6.07, 6.45) is 2.50. The van der Waals surface area contributed by atoms with Gasteiger partial charge in [-0.3, -0.25) is 9.59 Å². The molecule has 0 spiro atoms. The Hall–Kier alpha value is -1.19. The van der Waals surface area contributed by atoms with Crippen molar-refractivity contribution in [2.24, 2.45) is 5.41 Å². The Morgan fingerprint density at radius 3 is 2.50 bits per heavy atom. The Morgan fingerprint density at radius 2 is 2.05 bits per heavy atom. The number of H-pyrrole nitrogens is 1. The van der Waals surface area contributed by atoms with E-state index >= 15 is 0 Å². The van der Waals surface area contributed by atoms with E-state index in [0.717, 1.165) is 12.8 Å². The molecular weight excluding hydrogens is 304 g/mol. The quantitative estimate of drug-likeness (QED) is 0.737. The topological polar surface area (TPSA) is 116 Å². The van der Waals surface area contributed by atoms with E-state index in [0.29, 0.717) is 24.2 Å². The molecule has 1 aliphatic carbocycles. The maximum absolute atomic E-state index is 12.1. The van der Waals surface area contributed by atoms with Gasteiger partial charge >= 0.3 is 10.8 Å². The predicted molar refractivity (Wildman–Crippen MR) is 73.4 cm³/mol. The maximum Gasteiger partial charge on any atom is 0.310 e. The molecular formula is C11H16N2O5S2. The second-order valence-corrected chi connectivity index (χ2v) is 7.99. The first-order valence-electron chi connectivity index (χ1n) is 6.20. The average Bonchev–Trinajstić information content (AvgIpc) is 2.94. The fraction of sp³-hybridized carbons (Fsp3) is 0.636. The number of aliphatic carboxylic acids is 1. The molecule has 0 aromatic carbocycles. The second kappa shape index (κ2) is 5.30. The molecule has 9 heteroatoms. The van der Waals surface area contributed by atoms with E-state index in [4.69, 9.17) is 0 Å². The maximum atomic E-state index is 12.1. The second-order valence-electron chi connectivity index (χ2n) is 5.04. The third kappa shape index (κ3) is 2.79. The Morgan fingerprint density at radius 1 is 1.45 bits per heavy atom. The minimum atomic E-state index is -3.86. The molecule has 1 fully saturated rings. The highest BCUT2D eigenvalue weighted by molar-refractivity contribution is 7.91. The molecule has 7 nitrogen and oxygen atoms in total. The van der Waals surface area contributed by atoms with Gasteiger partial charge in [0.2, 0.25) is 0 Å². The molecule has 0 atom stereocenters. The fourth-order valence-electron chi connectivity index (χ4n) is 2.46. The highest BCUT2D eigenvalue weighted by atomic mass is 32.2. The zero-order valence-electron chi connectivity index (χ0n) is 10.9. The lowest BCUT2D eigenvalue weighted by molar-refractivity contribution is -0.148. The Bertz CT molecular complexity index is 667. The van der Waals surface area contributed by atoms with Crippen LogP contribution in [0, 0.1) is 12.3 Å². The van der Waals surface area contributed by atoms with Crippen molar-refractivity contribution in [1.82, 2.24) is 9.71 Å². The molecule has 0 bridgehead atoms. The van der Waals surface area contributed by atoms with Gasteiger partial charge in [0.1, 0.15) is 0 Å². The van der Waals surface area contributed by atoms with E-state index in [1.54, 1.807) is 0 Å². The van der Waals surface area contributed by atoms with Crippen molar-refractivity contribution < 1.29 is 18.3 Å². The molecule has 0 aliphatic heterocycles. The number of carboxylic acids is 1. The normalized spacial score (nSPS) is 18.2. The number of carbonyl (C=O) groups is 1. The monoisotopic (exact) mass is 320 g/mol. The van der Waals surface area contributed by atoms with Gasteiger partial charge in [-0.1, -0.05) is 24.2 Å². The van der Waals surface area contributed by atoms with Crippen molar-refractivity contribution in [1.29, 1.82) is 0 Å². The van der Waals surface area contributed by atoms with Crippen LogP contribution in [0.25, 0.3) is 0 Å². The van der Waals surface area contributed by atoms with Crippen LogP contribution in [0.15, 0.2) is 9.00 Å². The van der Waals surface area contributed by atoms with Crippen LogP contribution < -0.4 is 9.60 Å². The summed E-state index contributed by atoms with van der Waals surface area (Å²) in [5, 5.41) is 9.30. The van der Waals surface area contributed by atoms with Crippen LogP contribution in [0.1, 0.15) is 31.4 Å². The van der Waals surface area contributed by atoms with E-state index in [9.17, 15) is 23.1 Å². The van der Waals surface area contributed by atoms with Crippen molar-refractivity contribution in [3.8, 4) is 0 Å². The predicted octanol–water partition coefficient (Wildman–Crippen LogP) is 0.668. The summed E-state index contributed by atoms with van der Waals surface area (Å²) in [5.41, 5.74) is -0.759. The third-order valence-electron chi connectivity index (χ3n) is 3.64. The van der Waals surface area contributed by atoms with Crippen LogP contribution in [0.2, 0.25) is 0 Å². The molecule has 1 aliphatic rings. The lowest BCUT2D eigenvalue weighted by atomic mass is 9.87. The van der Waals surface area contributed by atoms with Gasteiger partial charge in [-0.15, -0.1) is 0 Å². The third-order valence-corrected chi connectivity index (χ3v) is 6.65. The number of hydrogen-bond acceptors (Lipinski definition) is 5. The largest absolute Gasteiger partial charge is 0.481 e. The molecule has 1 aromatic heterocycles. The van der Waals surface area contributed by atoms with Crippen molar-refractivity contribution in [2.75, 3.05) is 6.54 Å². The fourth-order valence-corrected chi connectivity index (χ4v) is 4.93. The van der Waals surface area contributed by atoms with E-state index < -0.39 is 26.3 Å². The van der Waals surface area contributed by atoms with Crippen molar-refractivity contribution in [2.45, 2.75) is 36.8 Å². The van der Waals surface area contributed by atoms with Gasteiger partial charge in [0, 0.05) is 12.2 Å². The number of aromatic amines is 1. The molecule has 0 amide bonds. The number of carboxylic acid groups (broad SMARTS) is 1. The number of sulfonamides is 1. The Balaban J connectivity index is 2.19. The highest BCUT2D eigenvalue weighted by Gasteiger charge is 2.42. The lowest BCUT2D eigenvalue weighted by Gasteiger charge is -2.23. The van der Waals surface area contributed by atoms with Gasteiger partial charge < -0.3 is 10.1 Å². The number of aryl methyl sites for hydroxylation is 1. The highest BCUT2D eigenvalue weighted by Crippen LogP contribution is 2.38. The molecule has 1 aromatic rings. The number of rotatable bonds is 5. The molecule has 0 radical (unpaired) electrons. The molecule has 0 unspecified atom stereocenters. The van der Waals surface area contributed by atoms with Gasteiger partial charge in [0.15, 0.2) is 4.21 Å². The first-order chi connectivity index (χ1) is 9.27. The van der Waals surface area contributed by atoms with E-state index in [2.05, 4.69) is 9.71 Å². The van der Waals surface area contributed by atoms with Gasteiger partial charge in [-0.25, -0.2) is 13.1 Å². The summed E-state index contributed by atoms with van der Waals surface area (Å²) < 4.78 is 26.5. The molecule has 1 saturated carbocycles. The van der Waals surface area contributed by atoms with Crippen molar-refractivity contribution in [3.63, 3.8) is 0 Å². The van der Waals surface area contributed by atoms with Crippen LogP contribution in [-0.4, -0.2) is 31.0 Å². The van der Waals surface area contributed by atoms with E-state index in [1.807, 2.05) is 0 Å². The minimum Gasteiger partial charge on any atom is -0.481 e. The number of nitrogens with one attached hydrogen (secondary N) is 2. The number of thiazole rings is 1. The minimum absolute atomic E-state index is 0.0824. The molecule has 3 N–H and O–H groups in total. The average molecular weight is 320 g/mol. The summed E-state index contributed by atoms with van der Waals surface area (Å²) in [6, 6.07) is 0. The zero-order valence-corrected chi connectivity index (χ0v) is 12.6. The van der Waals surface area contributed by atoms with Gasteiger partial charge in [0.25, 0.3) is 10.0 Å². The van der Waals surface area contributed by atoms with E-state index in [1.165, 1.54) is 6.92 Å². The lowest BCUT2D eigenvalue weighted by Crippen LogP contribution is -2.41. The summed E-state index contributed by atoms with van der Waals surface area (Å²) >= 11 is 0.602. The van der Waals surface area contributed by atoms with Crippen LogP contribution in [0.3, 0.4) is 0 Å². The molecule has 112 valence electrons. The summed E-state index contributed by atoms with van der Waals surface area (Å²) in [5.74, 6) is -0.975. The van der Waals surface area contributed by atoms with Gasteiger partial charge in [0.05, 0.1) is 5.41 Å². The summed E-state index contributed by atoms with van der Waals surface area (Å²) in [4.78, 5) is 24.5. The first kappa shape index (κ1) is 15.2. The van der Waals surface area contributed by atoms with Gasteiger partial charge in [-0.2, -0.15) is 0 Å². The van der Waals surface area contributed by atoms with Crippen molar-refractivity contribution in [3.05, 3.63) is 15.4 Å². The molecule has 20 heavy (non-hydrogen) atoms. The van der Waals surface area contributed by atoms with Crippen LogP contribution in [-0.2, 0) is 14.8 Å². The summed E-state index contributed by atoms with van der Waals surface area (Å²) in [6.45, 7) is 1.35. The SMILES string of the molecule is Cc1[nH]c(=O)sc1S(=O)(=O)NCC1(C(=O)O)CCCC1. The van der Waals surface area contributed by atoms with Crippen LogP contribution >= 0.6 is 11.3 Å². The first-order valence-corrected chi connectivity index (χ1v) is 8.50. The number of aromatic nitrogens is 1. The van der Waals surface area contributed by atoms with Gasteiger partial charge in [-0.05, 0) is 19.8 Å². The molecule has 2 rings (SSSR count). The zero-order chi connectivity index (χ0) is 15.0. The Kier molecular flexibility index (Phi) is 4.03. The van der Waals surface area contributed by atoms with Crippen LogP contribution in [0.4, 0.5) is 0 Å². The molecule has 0 saturated heterocycles. The van der Waals surface area contributed by atoms with E-state index in [-0.39, 0.29) is 16.4 Å².